The summed E-state index contributed by atoms with van der Waals surface area (Å²) in [5.74, 6) is 0.380. The Morgan fingerprint density at radius 3 is 2.43 bits per heavy atom. The van der Waals surface area contributed by atoms with Crippen LogP contribution in [0, 0.1) is 11.3 Å². The van der Waals surface area contributed by atoms with Crippen LogP contribution in [0.3, 0.4) is 0 Å². The molecule has 2 aromatic carbocycles. The quantitative estimate of drug-likeness (QED) is 0.818. The van der Waals surface area contributed by atoms with Crippen LogP contribution >= 0.6 is 23.2 Å². The lowest BCUT2D eigenvalue weighted by Crippen LogP contribution is -2.08. The Hall–Kier alpha value is -1.89. The van der Waals surface area contributed by atoms with Gasteiger partial charge in [-0.25, -0.2) is 0 Å². The number of halogens is 2. The Bertz CT molecular complexity index is 721. The highest BCUT2D eigenvalue weighted by Gasteiger charge is 2.19. The lowest BCUT2D eigenvalue weighted by molar-refractivity contribution is 0.242. The van der Waals surface area contributed by atoms with Crippen molar-refractivity contribution in [2.45, 2.75) is 20.0 Å². The molecule has 2 rings (SSSR count). The topological polar surface area (TPSA) is 59.0 Å². The number of hydrogen-bond acceptors (Lipinski definition) is 3. The summed E-state index contributed by atoms with van der Waals surface area (Å²) in [5, 5.41) is 10.3. The van der Waals surface area contributed by atoms with Crippen LogP contribution in [0.5, 0.6) is 5.75 Å². The van der Waals surface area contributed by atoms with Crippen LogP contribution in [0.1, 0.15) is 19.4 Å². The molecule has 0 amide bonds. The van der Waals surface area contributed by atoms with Gasteiger partial charge in [0.2, 0.25) is 0 Å². The maximum atomic E-state index is 9.36. The first-order chi connectivity index (χ1) is 9.95. The summed E-state index contributed by atoms with van der Waals surface area (Å²) in [7, 11) is 0. The average molecular weight is 321 g/mol. The van der Waals surface area contributed by atoms with Gasteiger partial charge in [-0.15, -0.1) is 0 Å². The van der Waals surface area contributed by atoms with Gasteiger partial charge in [0.15, 0.2) is 0 Å². The highest BCUT2D eigenvalue weighted by atomic mass is 35.5. The molecule has 0 radical (unpaired) electrons. The molecule has 0 aliphatic carbocycles. The molecule has 108 valence electrons. The molecule has 0 spiro atoms. The number of nitrogens with two attached hydrogens (primary N) is 1. The summed E-state index contributed by atoms with van der Waals surface area (Å²) in [6.45, 7) is 3.74. The standard InChI is InChI=1S/C16H14Cl2N2O/c1-9(2)21-14-7-13(18)15(16(20)11(14)8-19)10-5-3-4-6-12(10)17/h3-7,9H,20H2,1-2H3. The first-order valence-electron chi connectivity index (χ1n) is 6.39. The monoisotopic (exact) mass is 320 g/mol. The predicted molar refractivity (Wildman–Crippen MR) is 86.8 cm³/mol. The highest BCUT2D eigenvalue weighted by molar-refractivity contribution is 6.37. The molecule has 21 heavy (non-hydrogen) atoms. The zero-order valence-electron chi connectivity index (χ0n) is 11.7. The molecule has 0 aliphatic heterocycles. The van der Waals surface area contributed by atoms with Gasteiger partial charge in [-0.2, -0.15) is 5.26 Å². The Morgan fingerprint density at radius 1 is 1.19 bits per heavy atom. The third kappa shape index (κ3) is 3.07. The van der Waals surface area contributed by atoms with Crippen molar-refractivity contribution in [1.82, 2.24) is 0 Å². The number of benzene rings is 2. The van der Waals surface area contributed by atoms with Crippen molar-refractivity contribution in [3.63, 3.8) is 0 Å². The summed E-state index contributed by atoms with van der Waals surface area (Å²) in [4.78, 5) is 0. The summed E-state index contributed by atoms with van der Waals surface area (Å²) in [6, 6.07) is 10.9. The fourth-order valence-electron chi connectivity index (χ4n) is 2.05. The second-order valence-electron chi connectivity index (χ2n) is 4.78. The zero-order valence-corrected chi connectivity index (χ0v) is 13.2. The predicted octanol–water partition coefficient (Wildman–Crippen LogP) is 4.90. The van der Waals surface area contributed by atoms with Crippen LogP contribution < -0.4 is 10.5 Å². The summed E-state index contributed by atoms with van der Waals surface area (Å²) in [6.07, 6.45) is -0.0845. The molecule has 0 heterocycles. The molecular formula is C16H14Cl2N2O. The third-order valence-corrected chi connectivity index (χ3v) is 3.53. The van der Waals surface area contributed by atoms with E-state index in [1.54, 1.807) is 12.1 Å². The molecule has 0 saturated carbocycles. The van der Waals surface area contributed by atoms with E-state index in [2.05, 4.69) is 6.07 Å². The second kappa shape index (κ2) is 6.26. The van der Waals surface area contributed by atoms with E-state index >= 15 is 0 Å². The van der Waals surface area contributed by atoms with E-state index < -0.39 is 0 Å². The molecule has 3 nitrogen and oxygen atoms in total. The maximum Gasteiger partial charge on any atom is 0.141 e. The fraction of sp³-hybridized carbons (Fsp3) is 0.188. The van der Waals surface area contributed by atoms with Gasteiger partial charge in [0.25, 0.3) is 0 Å². The summed E-state index contributed by atoms with van der Waals surface area (Å²) in [5.41, 5.74) is 7.91. The number of nitriles is 1. The number of ether oxygens (including phenoxy) is 1. The van der Waals surface area contributed by atoms with Crippen LogP contribution in [0.25, 0.3) is 11.1 Å². The highest BCUT2D eigenvalue weighted by Crippen LogP contribution is 2.42. The first-order valence-corrected chi connectivity index (χ1v) is 7.15. The molecule has 5 heteroatoms. The Morgan fingerprint density at radius 2 is 1.86 bits per heavy atom. The summed E-state index contributed by atoms with van der Waals surface area (Å²) < 4.78 is 5.60. The lowest BCUT2D eigenvalue weighted by Gasteiger charge is -2.17. The van der Waals surface area contributed by atoms with Gasteiger partial charge in [-0.3, -0.25) is 0 Å². The normalized spacial score (nSPS) is 10.5. The van der Waals surface area contributed by atoms with Crippen LogP contribution in [0.2, 0.25) is 10.0 Å². The Labute approximate surface area is 133 Å². The summed E-state index contributed by atoms with van der Waals surface area (Å²) >= 11 is 12.5. The molecule has 0 saturated heterocycles. The van der Waals surface area contributed by atoms with Crippen molar-refractivity contribution in [3.8, 4) is 22.9 Å². The molecule has 0 fully saturated rings. The third-order valence-electron chi connectivity index (χ3n) is 2.90. The Balaban J connectivity index is 2.70. The van der Waals surface area contributed by atoms with Crippen molar-refractivity contribution >= 4 is 28.9 Å². The van der Waals surface area contributed by atoms with Crippen molar-refractivity contribution in [3.05, 3.63) is 45.9 Å². The zero-order chi connectivity index (χ0) is 15.6. The molecule has 0 aliphatic rings. The SMILES string of the molecule is CC(C)Oc1cc(Cl)c(-c2ccccc2Cl)c(N)c1C#N. The van der Waals surface area contributed by atoms with Gasteiger partial charge in [0.1, 0.15) is 17.4 Å². The number of nitrogen functional groups attached to an aromatic ring is 1. The van der Waals surface area contributed by atoms with Gasteiger partial charge >= 0.3 is 0 Å². The average Bonchev–Trinajstić information content (AvgIpc) is 2.40. The van der Waals surface area contributed by atoms with Gasteiger partial charge < -0.3 is 10.5 Å². The van der Waals surface area contributed by atoms with Crippen molar-refractivity contribution in [2.75, 3.05) is 5.73 Å². The molecule has 0 unspecified atom stereocenters. The molecular weight excluding hydrogens is 307 g/mol. The number of anilines is 1. The van der Waals surface area contributed by atoms with Crippen LogP contribution in [-0.4, -0.2) is 6.10 Å². The lowest BCUT2D eigenvalue weighted by atomic mass is 9.99. The second-order valence-corrected chi connectivity index (χ2v) is 5.59. The van der Waals surface area contributed by atoms with E-state index in [-0.39, 0.29) is 17.4 Å². The van der Waals surface area contributed by atoms with Crippen molar-refractivity contribution in [1.29, 1.82) is 5.26 Å². The van der Waals surface area contributed by atoms with E-state index in [0.29, 0.717) is 26.9 Å². The fourth-order valence-corrected chi connectivity index (χ4v) is 2.58. The van der Waals surface area contributed by atoms with E-state index in [4.69, 9.17) is 33.7 Å². The molecule has 0 atom stereocenters. The van der Waals surface area contributed by atoms with Gasteiger partial charge in [0.05, 0.1) is 16.8 Å². The van der Waals surface area contributed by atoms with Gasteiger partial charge in [-0.1, -0.05) is 41.4 Å². The van der Waals surface area contributed by atoms with E-state index in [1.165, 1.54) is 0 Å². The maximum absolute atomic E-state index is 9.36. The van der Waals surface area contributed by atoms with Gasteiger partial charge in [-0.05, 0) is 19.9 Å². The molecule has 2 aromatic rings. The number of hydrogen-bond donors (Lipinski definition) is 1. The Kier molecular flexibility index (Phi) is 4.62. The van der Waals surface area contributed by atoms with Crippen molar-refractivity contribution in [2.24, 2.45) is 0 Å². The smallest absolute Gasteiger partial charge is 0.141 e. The first kappa shape index (κ1) is 15.5. The molecule has 2 N–H and O–H groups in total. The van der Waals surface area contributed by atoms with Gasteiger partial charge in [0, 0.05) is 22.2 Å². The molecule has 0 aromatic heterocycles. The van der Waals surface area contributed by atoms with Crippen LogP contribution in [-0.2, 0) is 0 Å². The molecule has 0 bridgehead atoms. The van der Waals surface area contributed by atoms with Crippen molar-refractivity contribution < 1.29 is 4.74 Å². The van der Waals surface area contributed by atoms with E-state index in [9.17, 15) is 5.26 Å². The number of nitrogens with zero attached hydrogens (tertiary/aromatic N) is 1. The van der Waals surface area contributed by atoms with Crippen LogP contribution in [0.4, 0.5) is 5.69 Å². The minimum atomic E-state index is -0.0845. The van der Waals surface area contributed by atoms with E-state index in [1.807, 2.05) is 32.0 Å². The number of rotatable bonds is 3. The largest absolute Gasteiger partial charge is 0.489 e. The minimum absolute atomic E-state index is 0.0845. The van der Waals surface area contributed by atoms with Crippen LogP contribution in [0.15, 0.2) is 30.3 Å². The minimum Gasteiger partial charge on any atom is -0.489 e. The van der Waals surface area contributed by atoms with E-state index in [0.717, 1.165) is 0 Å².